The van der Waals surface area contributed by atoms with E-state index in [0.29, 0.717) is 19.4 Å². The van der Waals surface area contributed by atoms with Gasteiger partial charge >= 0.3 is 0 Å². The number of carbonyl (C=O) groups excluding carboxylic acids is 1. The molecule has 2 aliphatic rings. The number of hydrogen-bond acceptors (Lipinski definition) is 5. The van der Waals surface area contributed by atoms with Crippen molar-refractivity contribution in [3.63, 3.8) is 0 Å². The Morgan fingerprint density at radius 2 is 1.69 bits per heavy atom. The highest BCUT2D eigenvalue weighted by Gasteiger charge is 2.34. The summed E-state index contributed by atoms with van der Waals surface area (Å²) in [4.78, 5) is 15.1. The summed E-state index contributed by atoms with van der Waals surface area (Å²) >= 11 is 0. The molecular formula is C26H34FN3O4S. The Balaban J connectivity index is 1.36. The van der Waals surface area contributed by atoms with Crippen molar-refractivity contribution in [1.29, 1.82) is 0 Å². The highest BCUT2D eigenvalue weighted by molar-refractivity contribution is 7.89. The molecule has 2 aromatic rings. The number of halogens is 1. The fourth-order valence-corrected chi connectivity index (χ4v) is 6.54. The third kappa shape index (κ3) is 6.02. The van der Waals surface area contributed by atoms with E-state index < -0.39 is 15.8 Å². The molecule has 190 valence electrons. The zero-order chi connectivity index (χ0) is 24.8. The van der Waals surface area contributed by atoms with Crippen molar-refractivity contribution in [2.24, 2.45) is 5.92 Å². The van der Waals surface area contributed by atoms with Crippen LogP contribution in [0, 0.1) is 11.7 Å². The molecule has 0 radical (unpaired) electrons. The van der Waals surface area contributed by atoms with Gasteiger partial charge in [-0.05, 0) is 68.6 Å². The second-order valence-electron chi connectivity index (χ2n) is 9.24. The van der Waals surface area contributed by atoms with Gasteiger partial charge in [-0.1, -0.05) is 30.7 Å². The number of hydrogen-bond donors (Lipinski definition) is 1. The SMILES string of the molecule is COc1ccc([C@@H](CNC(=O)C2CCN(S(=O)(=O)c3ccccc3F)CC2)N2CCCCC2)cc1. The van der Waals surface area contributed by atoms with Crippen LogP contribution < -0.4 is 10.1 Å². The summed E-state index contributed by atoms with van der Waals surface area (Å²) in [5.74, 6) is -0.273. The van der Waals surface area contributed by atoms with Crippen LogP contribution in [0.1, 0.15) is 43.7 Å². The van der Waals surface area contributed by atoms with Gasteiger partial charge in [0.1, 0.15) is 16.5 Å². The van der Waals surface area contributed by atoms with Crippen LogP contribution in [0.4, 0.5) is 4.39 Å². The van der Waals surface area contributed by atoms with E-state index in [0.717, 1.165) is 43.3 Å². The zero-order valence-corrected chi connectivity index (χ0v) is 21.0. The van der Waals surface area contributed by atoms with Gasteiger partial charge in [0.2, 0.25) is 15.9 Å². The summed E-state index contributed by atoms with van der Waals surface area (Å²) in [5, 5.41) is 3.13. The first kappa shape index (κ1) is 25.6. The number of nitrogens with one attached hydrogen (secondary N) is 1. The summed E-state index contributed by atoms with van der Waals surface area (Å²) in [6.07, 6.45) is 4.35. The zero-order valence-electron chi connectivity index (χ0n) is 20.2. The van der Waals surface area contributed by atoms with Gasteiger partial charge < -0.3 is 10.1 Å². The largest absolute Gasteiger partial charge is 0.497 e. The average Bonchev–Trinajstić information content (AvgIpc) is 2.90. The van der Waals surface area contributed by atoms with Crippen LogP contribution in [0.25, 0.3) is 0 Å². The number of carbonyl (C=O) groups is 1. The smallest absolute Gasteiger partial charge is 0.245 e. The highest BCUT2D eigenvalue weighted by atomic mass is 32.2. The van der Waals surface area contributed by atoms with Crippen LogP contribution in [0.5, 0.6) is 5.75 Å². The molecule has 2 aromatic carbocycles. The molecule has 7 nitrogen and oxygen atoms in total. The minimum Gasteiger partial charge on any atom is -0.497 e. The van der Waals surface area contributed by atoms with Crippen molar-refractivity contribution >= 4 is 15.9 Å². The second-order valence-corrected chi connectivity index (χ2v) is 11.1. The Bertz CT molecular complexity index is 1100. The lowest BCUT2D eigenvalue weighted by Gasteiger charge is -2.36. The van der Waals surface area contributed by atoms with Crippen molar-refractivity contribution in [2.75, 3.05) is 39.8 Å². The van der Waals surface area contributed by atoms with Crippen LogP contribution in [-0.2, 0) is 14.8 Å². The van der Waals surface area contributed by atoms with Gasteiger partial charge in [-0.25, -0.2) is 12.8 Å². The quantitative estimate of drug-likeness (QED) is 0.596. The highest BCUT2D eigenvalue weighted by Crippen LogP contribution is 2.28. The molecule has 2 fully saturated rings. The maximum atomic E-state index is 14.1. The molecule has 1 atom stereocenters. The van der Waals surface area contributed by atoms with Gasteiger partial charge in [0.25, 0.3) is 0 Å². The molecular weight excluding hydrogens is 469 g/mol. The molecule has 2 saturated heterocycles. The number of sulfonamides is 1. The lowest BCUT2D eigenvalue weighted by molar-refractivity contribution is -0.126. The van der Waals surface area contributed by atoms with Crippen molar-refractivity contribution in [3.05, 3.63) is 59.9 Å². The predicted octanol–water partition coefficient (Wildman–Crippen LogP) is 3.58. The first-order valence-electron chi connectivity index (χ1n) is 12.3. The average molecular weight is 504 g/mol. The molecule has 4 rings (SSSR count). The summed E-state index contributed by atoms with van der Waals surface area (Å²) in [6.45, 7) is 2.89. The Hall–Kier alpha value is -2.49. The van der Waals surface area contributed by atoms with Crippen LogP contribution in [0.2, 0.25) is 0 Å². The molecule has 2 aliphatic heterocycles. The van der Waals surface area contributed by atoms with E-state index in [1.165, 1.54) is 28.9 Å². The first-order valence-corrected chi connectivity index (χ1v) is 13.7. The lowest BCUT2D eigenvalue weighted by atomic mass is 9.96. The monoisotopic (exact) mass is 503 g/mol. The number of benzene rings is 2. The van der Waals surface area contributed by atoms with E-state index in [1.807, 2.05) is 12.1 Å². The number of methoxy groups -OCH3 is 1. The summed E-state index contributed by atoms with van der Waals surface area (Å²) < 4.78 is 46.3. The normalized spacial score (nSPS) is 19.3. The van der Waals surface area contributed by atoms with E-state index in [4.69, 9.17) is 4.74 Å². The van der Waals surface area contributed by atoms with E-state index in [2.05, 4.69) is 22.3 Å². The van der Waals surface area contributed by atoms with Crippen molar-refractivity contribution < 1.29 is 22.3 Å². The van der Waals surface area contributed by atoms with Crippen molar-refractivity contribution in [2.45, 2.75) is 43.0 Å². The van der Waals surface area contributed by atoms with E-state index >= 15 is 0 Å². The van der Waals surface area contributed by atoms with Crippen molar-refractivity contribution in [3.8, 4) is 5.75 Å². The molecule has 0 bridgehead atoms. The molecule has 0 spiro atoms. The van der Waals surface area contributed by atoms with Crippen LogP contribution in [0.3, 0.4) is 0 Å². The molecule has 0 aromatic heterocycles. The molecule has 1 amide bonds. The molecule has 0 aliphatic carbocycles. The predicted molar refractivity (Wildman–Crippen MR) is 132 cm³/mol. The summed E-state index contributed by atoms with van der Waals surface area (Å²) in [5.41, 5.74) is 1.14. The van der Waals surface area contributed by atoms with Crippen LogP contribution in [-0.4, -0.2) is 63.4 Å². The van der Waals surface area contributed by atoms with Gasteiger partial charge in [0.15, 0.2) is 0 Å². The van der Waals surface area contributed by atoms with Crippen LogP contribution >= 0.6 is 0 Å². The molecule has 0 unspecified atom stereocenters. The van der Waals surface area contributed by atoms with Gasteiger partial charge in [-0.2, -0.15) is 4.31 Å². The Kier molecular flexibility index (Phi) is 8.41. The molecule has 35 heavy (non-hydrogen) atoms. The fraction of sp³-hybridized carbons (Fsp3) is 0.500. The Morgan fingerprint density at radius 3 is 2.31 bits per heavy atom. The van der Waals surface area contributed by atoms with Gasteiger partial charge in [-0.15, -0.1) is 0 Å². The molecule has 1 N–H and O–H groups in total. The minimum absolute atomic E-state index is 0.0524. The molecule has 0 saturated carbocycles. The number of amides is 1. The Morgan fingerprint density at radius 1 is 1.03 bits per heavy atom. The maximum absolute atomic E-state index is 14.1. The fourth-order valence-electron chi connectivity index (χ4n) is 5.01. The second kappa shape index (κ2) is 11.5. The molecule has 2 heterocycles. The first-order chi connectivity index (χ1) is 16.9. The maximum Gasteiger partial charge on any atom is 0.245 e. The van der Waals surface area contributed by atoms with Gasteiger partial charge in [-0.3, -0.25) is 9.69 Å². The topological polar surface area (TPSA) is 79.0 Å². The summed E-state index contributed by atoms with van der Waals surface area (Å²) in [6, 6.07) is 13.5. The van der Waals surface area contributed by atoms with E-state index in [9.17, 15) is 17.6 Å². The van der Waals surface area contributed by atoms with Crippen LogP contribution in [0.15, 0.2) is 53.4 Å². The summed E-state index contributed by atoms with van der Waals surface area (Å²) in [7, 11) is -2.27. The van der Waals surface area contributed by atoms with Crippen molar-refractivity contribution in [1.82, 2.24) is 14.5 Å². The third-order valence-corrected chi connectivity index (χ3v) is 9.01. The number of rotatable bonds is 8. The van der Waals surface area contributed by atoms with E-state index in [-0.39, 0.29) is 35.9 Å². The number of piperidine rings is 2. The van der Waals surface area contributed by atoms with Gasteiger partial charge in [0.05, 0.1) is 13.2 Å². The molecule has 9 heteroatoms. The van der Waals surface area contributed by atoms with E-state index in [1.54, 1.807) is 7.11 Å². The standard InChI is InChI=1S/C26H34FN3O4S/c1-34-22-11-9-20(10-12-22)24(29-15-5-2-6-16-29)19-28-26(31)21-13-17-30(18-14-21)35(32,33)25-8-4-3-7-23(25)27/h3-4,7-12,21,24H,2,5-6,13-19H2,1H3,(H,28,31)/t24-/m1/s1. The third-order valence-electron chi connectivity index (χ3n) is 7.08. The lowest BCUT2D eigenvalue weighted by Crippen LogP contribution is -2.45. The number of likely N-dealkylation sites (tertiary alicyclic amines) is 1. The number of nitrogens with zero attached hydrogens (tertiary/aromatic N) is 2. The minimum atomic E-state index is -3.91. The van der Waals surface area contributed by atoms with Gasteiger partial charge in [0, 0.05) is 25.6 Å². The number of ether oxygens (including phenoxy) is 1. The Labute approximate surface area is 207 Å².